The molecule has 1 saturated heterocycles. The van der Waals surface area contributed by atoms with Gasteiger partial charge >= 0.3 is 0 Å². The molecule has 0 aliphatic carbocycles. The molecule has 5 nitrogen and oxygen atoms in total. The van der Waals surface area contributed by atoms with Crippen LogP contribution in [0.15, 0.2) is 72.9 Å². The summed E-state index contributed by atoms with van der Waals surface area (Å²) in [7, 11) is 0. The van der Waals surface area contributed by atoms with Crippen LogP contribution in [0.2, 0.25) is 0 Å². The number of nitrogens with zero attached hydrogens (tertiary/aromatic N) is 5. The van der Waals surface area contributed by atoms with Crippen LogP contribution in [0.1, 0.15) is 24.6 Å². The second-order valence-electron chi connectivity index (χ2n) is 8.26. The molecule has 0 radical (unpaired) electrons. The topological polar surface area (TPSA) is 36.7 Å². The normalized spacial score (nSPS) is 14.9. The van der Waals surface area contributed by atoms with Gasteiger partial charge < -0.3 is 4.90 Å². The number of fused-ring (bicyclic) bond motifs is 1. The second kappa shape index (κ2) is 8.90. The van der Waals surface area contributed by atoms with Crippen LogP contribution in [0.5, 0.6) is 0 Å². The maximum Gasteiger partial charge on any atom is 0.165 e. The van der Waals surface area contributed by atoms with E-state index in [9.17, 15) is 0 Å². The van der Waals surface area contributed by atoms with E-state index in [-0.39, 0.29) is 0 Å². The van der Waals surface area contributed by atoms with E-state index >= 15 is 0 Å². The maximum absolute atomic E-state index is 4.99. The molecule has 2 aromatic heterocycles. The third kappa shape index (κ3) is 4.19. The van der Waals surface area contributed by atoms with Crippen LogP contribution in [0.3, 0.4) is 0 Å². The average Bonchev–Trinajstić information content (AvgIpc) is 3.25. The van der Waals surface area contributed by atoms with E-state index in [0.29, 0.717) is 0 Å². The van der Waals surface area contributed by atoms with Gasteiger partial charge in [-0.2, -0.15) is 9.61 Å². The van der Waals surface area contributed by atoms with E-state index in [1.54, 1.807) is 0 Å². The lowest BCUT2D eigenvalue weighted by atomic mass is 10.1. The van der Waals surface area contributed by atoms with Gasteiger partial charge in [-0.3, -0.25) is 4.90 Å². The largest absolute Gasteiger partial charge is 0.354 e. The zero-order valence-electron chi connectivity index (χ0n) is 18.1. The van der Waals surface area contributed by atoms with Crippen LogP contribution in [-0.2, 0) is 13.0 Å². The van der Waals surface area contributed by atoms with Gasteiger partial charge in [0.2, 0.25) is 0 Å². The Morgan fingerprint density at radius 2 is 1.58 bits per heavy atom. The zero-order valence-corrected chi connectivity index (χ0v) is 18.1. The van der Waals surface area contributed by atoms with Gasteiger partial charge in [0.1, 0.15) is 5.82 Å². The molecule has 0 amide bonds. The summed E-state index contributed by atoms with van der Waals surface area (Å²) in [6.07, 6.45) is 4.03. The summed E-state index contributed by atoms with van der Waals surface area (Å²) in [5.74, 6) is 1.16. The third-order valence-corrected chi connectivity index (χ3v) is 6.04. The molecule has 1 fully saturated rings. The van der Waals surface area contributed by atoms with E-state index in [4.69, 9.17) is 10.1 Å². The second-order valence-corrected chi connectivity index (χ2v) is 8.26. The molecule has 158 valence electrons. The molecule has 0 saturated carbocycles. The van der Waals surface area contributed by atoms with Crippen molar-refractivity contribution in [3.63, 3.8) is 0 Å². The Kier molecular flexibility index (Phi) is 5.67. The predicted octanol–water partition coefficient (Wildman–Crippen LogP) is 4.67. The summed E-state index contributed by atoms with van der Waals surface area (Å²) in [4.78, 5) is 10.00. The quantitative estimate of drug-likeness (QED) is 0.462. The molecule has 31 heavy (non-hydrogen) atoms. The van der Waals surface area contributed by atoms with E-state index in [2.05, 4.69) is 77.4 Å². The average molecular weight is 412 g/mol. The highest BCUT2D eigenvalue weighted by Gasteiger charge is 2.22. The van der Waals surface area contributed by atoms with Gasteiger partial charge in [-0.1, -0.05) is 74.0 Å². The minimum atomic E-state index is 0.957. The van der Waals surface area contributed by atoms with Gasteiger partial charge in [0, 0.05) is 50.0 Å². The van der Waals surface area contributed by atoms with Crippen molar-refractivity contribution in [3.8, 4) is 11.1 Å². The Labute approximate surface area is 184 Å². The van der Waals surface area contributed by atoms with Crippen molar-refractivity contribution < 1.29 is 0 Å². The first-order chi connectivity index (χ1) is 15.3. The maximum atomic E-state index is 4.99. The van der Waals surface area contributed by atoms with Crippen LogP contribution in [-0.4, -0.2) is 45.7 Å². The van der Waals surface area contributed by atoms with Gasteiger partial charge in [0.05, 0.1) is 6.20 Å². The minimum absolute atomic E-state index is 0.957. The Morgan fingerprint density at radius 3 is 2.29 bits per heavy atom. The number of hydrogen-bond donors (Lipinski definition) is 0. The SMILES string of the molecule is CCCc1cc(N2CCN(Cc3ccccc3)CC2)n2ncc(-c3ccccc3)c2n1. The zero-order chi connectivity index (χ0) is 21.0. The Bertz CT molecular complexity index is 1130. The highest BCUT2D eigenvalue weighted by Crippen LogP contribution is 2.28. The van der Waals surface area contributed by atoms with Gasteiger partial charge in [-0.05, 0) is 17.5 Å². The van der Waals surface area contributed by atoms with Crippen LogP contribution in [0, 0.1) is 0 Å². The van der Waals surface area contributed by atoms with Gasteiger partial charge in [-0.15, -0.1) is 0 Å². The molecule has 0 atom stereocenters. The summed E-state index contributed by atoms with van der Waals surface area (Å²) in [5.41, 5.74) is 5.75. The fourth-order valence-electron chi connectivity index (χ4n) is 4.40. The van der Waals surface area contributed by atoms with Crippen molar-refractivity contribution in [1.29, 1.82) is 0 Å². The molecular formula is C26H29N5. The number of piperazine rings is 1. The van der Waals surface area contributed by atoms with Crippen LogP contribution < -0.4 is 4.90 Å². The summed E-state index contributed by atoms with van der Waals surface area (Å²) in [6.45, 7) is 7.32. The fraction of sp³-hybridized carbons (Fsp3) is 0.308. The molecule has 1 aliphatic rings. The molecule has 0 bridgehead atoms. The van der Waals surface area contributed by atoms with E-state index in [1.165, 1.54) is 5.56 Å². The van der Waals surface area contributed by atoms with E-state index in [0.717, 1.165) is 73.9 Å². The van der Waals surface area contributed by atoms with E-state index in [1.807, 2.05) is 16.8 Å². The molecular weight excluding hydrogens is 382 g/mol. The lowest BCUT2D eigenvalue weighted by molar-refractivity contribution is 0.249. The van der Waals surface area contributed by atoms with Crippen molar-refractivity contribution in [3.05, 3.63) is 84.2 Å². The Morgan fingerprint density at radius 1 is 0.871 bits per heavy atom. The van der Waals surface area contributed by atoms with Crippen molar-refractivity contribution in [1.82, 2.24) is 19.5 Å². The number of aryl methyl sites for hydroxylation is 1. The monoisotopic (exact) mass is 411 g/mol. The molecule has 0 N–H and O–H groups in total. The first-order valence-electron chi connectivity index (χ1n) is 11.3. The summed E-state index contributed by atoms with van der Waals surface area (Å²) in [5, 5.41) is 4.76. The number of anilines is 1. The van der Waals surface area contributed by atoms with Crippen molar-refractivity contribution in [2.75, 3.05) is 31.1 Å². The molecule has 3 heterocycles. The molecule has 0 unspecified atom stereocenters. The molecule has 2 aromatic carbocycles. The van der Waals surface area contributed by atoms with Gasteiger partial charge in [0.15, 0.2) is 5.65 Å². The third-order valence-electron chi connectivity index (χ3n) is 6.04. The highest BCUT2D eigenvalue weighted by molar-refractivity contribution is 5.78. The number of hydrogen-bond acceptors (Lipinski definition) is 4. The van der Waals surface area contributed by atoms with Crippen molar-refractivity contribution in [2.24, 2.45) is 0 Å². The van der Waals surface area contributed by atoms with E-state index < -0.39 is 0 Å². The van der Waals surface area contributed by atoms with Crippen molar-refractivity contribution in [2.45, 2.75) is 26.3 Å². The Hall–Kier alpha value is -3.18. The lowest BCUT2D eigenvalue weighted by Crippen LogP contribution is -2.46. The first-order valence-corrected chi connectivity index (χ1v) is 11.3. The number of rotatable bonds is 6. The lowest BCUT2D eigenvalue weighted by Gasteiger charge is -2.36. The highest BCUT2D eigenvalue weighted by atomic mass is 15.4. The molecule has 0 spiro atoms. The summed E-state index contributed by atoms with van der Waals surface area (Å²) in [6, 6.07) is 23.4. The molecule has 5 rings (SSSR count). The summed E-state index contributed by atoms with van der Waals surface area (Å²) >= 11 is 0. The van der Waals surface area contributed by atoms with Crippen LogP contribution >= 0.6 is 0 Å². The Balaban J connectivity index is 1.42. The minimum Gasteiger partial charge on any atom is -0.354 e. The first kappa shape index (κ1) is 19.8. The molecule has 5 heteroatoms. The molecule has 1 aliphatic heterocycles. The number of benzene rings is 2. The fourth-order valence-corrected chi connectivity index (χ4v) is 4.40. The van der Waals surface area contributed by atoms with Crippen molar-refractivity contribution >= 4 is 11.5 Å². The molecule has 4 aromatic rings. The predicted molar refractivity (Wildman–Crippen MR) is 126 cm³/mol. The summed E-state index contributed by atoms with van der Waals surface area (Å²) < 4.78 is 2.04. The standard InChI is InChI=1S/C26H29N5/c1-2-9-23-18-25(30-16-14-29(15-17-30)20-21-10-5-3-6-11-21)31-26(28-23)24(19-27-31)22-12-7-4-8-13-22/h3-8,10-13,18-19H,2,9,14-17,20H2,1H3. The van der Waals surface area contributed by atoms with Gasteiger partial charge in [0.25, 0.3) is 0 Å². The smallest absolute Gasteiger partial charge is 0.165 e. The number of aromatic nitrogens is 3. The van der Waals surface area contributed by atoms with Crippen LogP contribution in [0.4, 0.5) is 5.82 Å². The van der Waals surface area contributed by atoms with Gasteiger partial charge in [-0.25, -0.2) is 4.98 Å². The van der Waals surface area contributed by atoms with Crippen LogP contribution in [0.25, 0.3) is 16.8 Å².